The number of methoxy groups -OCH3 is 1. The molecule has 0 unspecified atom stereocenters. The second-order valence-corrected chi connectivity index (χ2v) is 4.61. The molecule has 1 N–H and O–H groups in total. The van der Waals surface area contributed by atoms with Crippen molar-refractivity contribution in [2.24, 2.45) is 0 Å². The van der Waals surface area contributed by atoms with Crippen LogP contribution in [0.1, 0.15) is 5.56 Å². The predicted molar refractivity (Wildman–Crippen MR) is 79.0 cm³/mol. The maximum atomic E-state index is 11.9. The van der Waals surface area contributed by atoms with Gasteiger partial charge in [0.2, 0.25) is 5.91 Å². The van der Waals surface area contributed by atoms with Crippen molar-refractivity contribution in [3.63, 3.8) is 0 Å². The smallest absolute Gasteiger partial charge is 0.228 e. The van der Waals surface area contributed by atoms with Gasteiger partial charge in [-0.25, -0.2) is 0 Å². The first kappa shape index (κ1) is 13.5. The SMILES string of the molecule is COc1ccccc1NC(=O)Cc1ccc(S)cc1. The summed E-state index contributed by atoms with van der Waals surface area (Å²) in [6, 6.07) is 14.9. The Labute approximate surface area is 118 Å². The van der Waals surface area contributed by atoms with Gasteiger partial charge in [0.25, 0.3) is 0 Å². The number of para-hydroxylation sites is 2. The molecule has 1 amide bonds. The zero-order valence-electron chi connectivity index (χ0n) is 10.6. The van der Waals surface area contributed by atoms with Crippen molar-refractivity contribution in [1.82, 2.24) is 0 Å². The van der Waals surface area contributed by atoms with Gasteiger partial charge in [-0.1, -0.05) is 24.3 Å². The number of ether oxygens (including phenoxy) is 1. The number of carbonyl (C=O) groups is 1. The van der Waals surface area contributed by atoms with E-state index in [4.69, 9.17) is 4.74 Å². The van der Waals surface area contributed by atoms with Crippen LogP contribution in [-0.4, -0.2) is 13.0 Å². The Morgan fingerprint density at radius 3 is 2.53 bits per heavy atom. The highest BCUT2D eigenvalue weighted by atomic mass is 32.1. The number of hydrogen-bond donors (Lipinski definition) is 2. The Kier molecular flexibility index (Phi) is 4.47. The van der Waals surface area contributed by atoms with Crippen molar-refractivity contribution < 1.29 is 9.53 Å². The fourth-order valence-corrected chi connectivity index (χ4v) is 1.89. The number of thiol groups is 1. The van der Waals surface area contributed by atoms with Crippen LogP contribution in [0.2, 0.25) is 0 Å². The zero-order valence-corrected chi connectivity index (χ0v) is 11.5. The molecule has 0 fully saturated rings. The van der Waals surface area contributed by atoms with Crippen LogP contribution in [0.5, 0.6) is 5.75 Å². The average molecular weight is 273 g/mol. The van der Waals surface area contributed by atoms with Crippen molar-refractivity contribution in [3.8, 4) is 5.75 Å². The van der Waals surface area contributed by atoms with E-state index in [1.54, 1.807) is 7.11 Å². The van der Waals surface area contributed by atoms with Gasteiger partial charge in [-0.05, 0) is 29.8 Å². The van der Waals surface area contributed by atoms with Gasteiger partial charge >= 0.3 is 0 Å². The van der Waals surface area contributed by atoms with Crippen LogP contribution in [0.4, 0.5) is 5.69 Å². The normalized spacial score (nSPS) is 10.0. The molecule has 0 saturated carbocycles. The summed E-state index contributed by atoms with van der Waals surface area (Å²) in [7, 11) is 1.58. The van der Waals surface area contributed by atoms with E-state index in [1.807, 2.05) is 48.5 Å². The second kappa shape index (κ2) is 6.29. The Hall–Kier alpha value is -1.94. The number of nitrogens with one attached hydrogen (secondary N) is 1. The summed E-state index contributed by atoms with van der Waals surface area (Å²) in [5.74, 6) is 0.581. The summed E-state index contributed by atoms with van der Waals surface area (Å²) >= 11 is 4.21. The van der Waals surface area contributed by atoms with Crippen molar-refractivity contribution in [1.29, 1.82) is 0 Å². The molecular weight excluding hydrogens is 258 g/mol. The van der Waals surface area contributed by atoms with Crippen LogP contribution in [0.25, 0.3) is 0 Å². The standard InChI is InChI=1S/C15H15NO2S/c1-18-14-5-3-2-4-13(14)16-15(17)10-11-6-8-12(19)9-7-11/h2-9,19H,10H2,1H3,(H,16,17). The molecule has 19 heavy (non-hydrogen) atoms. The first-order valence-electron chi connectivity index (χ1n) is 5.90. The Balaban J connectivity index is 2.03. The first-order valence-corrected chi connectivity index (χ1v) is 6.34. The quantitative estimate of drug-likeness (QED) is 0.840. The second-order valence-electron chi connectivity index (χ2n) is 4.09. The lowest BCUT2D eigenvalue weighted by Gasteiger charge is -2.09. The Morgan fingerprint density at radius 1 is 1.16 bits per heavy atom. The summed E-state index contributed by atoms with van der Waals surface area (Å²) in [5.41, 5.74) is 1.63. The third-order valence-electron chi connectivity index (χ3n) is 2.68. The lowest BCUT2D eigenvalue weighted by Crippen LogP contribution is -2.14. The number of anilines is 1. The van der Waals surface area contributed by atoms with Gasteiger partial charge in [-0.2, -0.15) is 0 Å². The molecule has 2 aromatic carbocycles. The van der Waals surface area contributed by atoms with Gasteiger partial charge in [-0.3, -0.25) is 4.79 Å². The fourth-order valence-electron chi connectivity index (χ4n) is 1.74. The molecule has 98 valence electrons. The zero-order chi connectivity index (χ0) is 13.7. The molecule has 0 aliphatic heterocycles. The van der Waals surface area contributed by atoms with Crippen LogP contribution in [-0.2, 0) is 11.2 Å². The third kappa shape index (κ3) is 3.76. The van der Waals surface area contributed by atoms with Crippen LogP contribution < -0.4 is 10.1 Å². The molecule has 0 radical (unpaired) electrons. The number of carbonyl (C=O) groups excluding carboxylic acids is 1. The lowest BCUT2D eigenvalue weighted by molar-refractivity contribution is -0.115. The van der Waals surface area contributed by atoms with E-state index in [0.717, 1.165) is 10.5 Å². The molecule has 3 nitrogen and oxygen atoms in total. The summed E-state index contributed by atoms with van der Waals surface area (Å²) < 4.78 is 5.19. The molecule has 0 heterocycles. The summed E-state index contributed by atoms with van der Waals surface area (Å²) in [6.45, 7) is 0. The molecule has 0 aliphatic rings. The first-order chi connectivity index (χ1) is 9.19. The number of benzene rings is 2. The summed E-state index contributed by atoms with van der Waals surface area (Å²) in [5, 5.41) is 2.84. The maximum absolute atomic E-state index is 11.9. The molecule has 0 saturated heterocycles. The largest absolute Gasteiger partial charge is 0.495 e. The van der Waals surface area contributed by atoms with Gasteiger partial charge in [-0.15, -0.1) is 12.6 Å². The number of hydrogen-bond acceptors (Lipinski definition) is 3. The third-order valence-corrected chi connectivity index (χ3v) is 2.98. The predicted octanol–water partition coefficient (Wildman–Crippen LogP) is 3.17. The van der Waals surface area contributed by atoms with Crippen LogP contribution in [0.15, 0.2) is 53.4 Å². The molecule has 0 atom stereocenters. The molecule has 4 heteroatoms. The van der Waals surface area contributed by atoms with Crippen molar-refractivity contribution >= 4 is 24.2 Å². The summed E-state index contributed by atoms with van der Waals surface area (Å²) in [6.07, 6.45) is 0.326. The minimum atomic E-state index is -0.0728. The van der Waals surface area contributed by atoms with Gasteiger partial charge in [0.05, 0.1) is 19.2 Å². The Morgan fingerprint density at radius 2 is 1.84 bits per heavy atom. The van der Waals surface area contributed by atoms with E-state index in [9.17, 15) is 4.79 Å². The van der Waals surface area contributed by atoms with Gasteiger partial charge in [0.1, 0.15) is 5.75 Å². The molecule has 0 aromatic heterocycles. The molecule has 2 rings (SSSR count). The van der Waals surface area contributed by atoms with Crippen molar-refractivity contribution in [3.05, 3.63) is 54.1 Å². The van der Waals surface area contributed by atoms with E-state index >= 15 is 0 Å². The monoisotopic (exact) mass is 273 g/mol. The van der Waals surface area contributed by atoms with E-state index in [2.05, 4.69) is 17.9 Å². The average Bonchev–Trinajstić information content (AvgIpc) is 2.42. The highest BCUT2D eigenvalue weighted by Crippen LogP contribution is 2.23. The highest BCUT2D eigenvalue weighted by molar-refractivity contribution is 7.80. The molecule has 0 aliphatic carbocycles. The van der Waals surface area contributed by atoms with Crippen LogP contribution >= 0.6 is 12.6 Å². The van der Waals surface area contributed by atoms with Gasteiger partial charge in [0, 0.05) is 4.90 Å². The molecule has 2 aromatic rings. The van der Waals surface area contributed by atoms with Gasteiger partial charge < -0.3 is 10.1 Å². The van der Waals surface area contributed by atoms with Crippen molar-refractivity contribution in [2.45, 2.75) is 11.3 Å². The van der Waals surface area contributed by atoms with E-state index in [0.29, 0.717) is 17.9 Å². The molecule has 0 bridgehead atoms. The van der Waals surface area contributed by atoms with Crippen LogP contribution in [0, 0.1) is 0 Å². The topological polar surface area (TPSA) is 38.3 Å². The maximum Gasteiger partial charge on any atom is 0.228 e. The van der Waals surface area contributed by atoms with Gasteiger partial charge in [0.15, 0.2) is 0 Å². The number of rotatable bonds is 4. The van der Waals surface area contributed by atoms with E-state index < -0.39 is 0 Å². The lowest BCUT2D eigenvalue weighted by atomic mass is 10.1. The van der Waals surface area contributed by atoms with Crippen LogP contribution in [0.3, 0.4) is 0 Å². The fraction of sp³-hybridized carbons (Fsp3) is 0.133. The Bertz CT molecular complexity index is 567. The van der Waals surface area contributed by atoms with E-state index in [-0.39, 0.29) is 5.91 Å². The van der Waals surface area contributed by atoms with E-state index in [1.165, 1.54) is 0 Å². The molecule has 0 spiro atoms. The molecular formula is C15H15NO2S. The van der Waals surface area contributed by atoms with Crippen molar-refractivity contribution in [2.75, 3.05) is 12.4 Å². The number of amides is 1. The highest BCUT2D eigenvalue weighted by Gasteiger charge is 2.07. The minimum absolute atomic E-state index is 0.0728. The minimum Gasteiger partial charge on any atom is -0.495 e. The summed E-state index contributed by atoms with van der Waals surface area (Å²) in [4.78, 5) is 12.8.